The predicted molar refractivity (Wildman–Crippen MR) is 137 cm³/mol. The molecule has 0 aliphatic rings. The Labute approximate surface area is 205 Å². The van der Waals surface area contributed by atoms with Crippen molar-refractivity contribution in [3.63, 3.8) is 0 Å². The first-order valence-electron chi connectivity index (χ1n) is 11.8. The van der Waals surface area contributed by atoms with Crippen LogP contribution in [0.3, 0.4) is 0 Å². The van der Waals surface area contributed by atoms with E-state index in [1.165, 1.54) is 17.7 Å². The lowest BCUT2D eigenvalue weighted by molar-refractivity contribution is -0.129. The van der Waals surface area contributed by atoms with E-state index >= 15 is 0 Å². The molecule has 0 radical (unpaired) electrons. The zero-order chi connectivity index (χ0) is 25.3. The van der Waals surface area contributed by atoms with Crippen LogP contribution in [0.1, 0.15) is 50.5 Å². The van der Waals surface area contributed by atoms with Crippen LogP contribution in [0.4, 0.5) is 4.39 Å². The molecular formula is C29H32FN3O2. The Morgan fingerprint density at radius 2 is 1.74 bits per heavy atom. The number of fused-ring (bicyclic) bond motifs is 1. The number of nitrogens with zero attached hydrogens (tertiary/aromatic N) is 2. The zero-order valence-electron chi connectivity index (χ0n) is 21.1. The fourth-order valence-electron chi connectivity index (χ4n) is 4.10. The van der Waals surface area contributed by atoms with Gasteiger partial charge in [0.1, 0.15) is 17.7 Å². The molecule has 6 heteroatoms. The SMILES string of the molecule is Cc1ccc([C@@H](Oc2ccc3c(cnn3-c3ccc(F)cc3)c2)[C@H](C)NC(=O)C(C)(C)C)c(C)c1. The molecule has 0 unspecified atom stereocenters. The first-order valence-corrected chi connectivity index (χ1v) is 11.8. The summed E-state index contributed by atoms with van der Waals surface area (Å²) < 4.78 is 21.6. The number of aromatic nitrogens is 2. The minimum atomic E-state index is -0.505. The third kappa shape index (κ3) is 5.37. The molecule has 0 bridgehead atoms. The molecule has 0 spiro atoms. The van der Waals surface area contributed by atoms with E-state index in [-0.39, 0.29) is 23.9 Å². The number of carbonyl (C=O) groups excluding carboxylic acids is 1. The summed E-state index contributed by atoms with van der Waals surface area (Å²) in [6.07, 6.45) is 1.38. The van der Waals surface area contributed by atoms with Gasteiger partial charge in [0.05, 0.1) is 23.4 Å². The van der Waals surface area contributed by atoms with Crippen molar-refractivity contribution in [2.24, 2.45) is 5.41 Å². The van der Waals surface area contributed by atoms with Crippen molar-refractivity contribution in [2.75, 3.05) is 0 Å². The molecule has 1 heterocycles. The van der Waals surface area contributed by atoms with Crippen LogP contribution < -0.4 is 10.1 Å². The molecule has 1 N–H and O–H groups in total. The van der Waals surface area contributed by atoms with E-state index in [4.69, 9.17) is 4.74 Å². The molecule has 5 nitrogen and oxygen atoms in total. The maximum absolute atomic E-state index is 13.3. The van der Waals surface area contributed by atoms with Gasteiger partial charge < -0.3 is 10.1 Å². The second-order valence-electron chi connectivity index (χ2n) is 10.2. The molecule has 0 aliphatic carbocycles. The number of hydrogen-bond donors (Lipinski definition) is 1. The third-order valence-electron chi connectivity index (χ3n) is 6.10. The second-order valence-corrected chi connectivity index (χ2v) is 10.2. The Kier molecular flexibility index (Phi) is 6.66. The summed E-state index contributed by atoms with van der Waals surface area (Å²) in [6, 6.07) is 18.0. The quantitative estimate of drug-likeness (QED) is 0.350. The lowest BCUT2D eigenvalue weighted by Crippen LogP contribution is -2.44. The summed E-state index contributed by atoms with van der Waals surface area (Å²) in [5.41, 5.74) is 4.47. The lowest BCUT2D eigenvalue weighted by atomic mass is 9.93. The maximum atomic E-state index is 13.3. The summed E-state index contributed by atoms with van der Waals surface area (Å²) in [6.45, 7) is 11.8. The van der Waals surface area contributed by atoms with Crippen molar-refractivity contribution in [3.05, 3.63) is 89.4 Å². The third-order valence-corrected chi connectivity index (χ3v) is 6.10. The molecule has 2 atom stereocenters. The van der Waals surface area contributed by atoms with Gasteiger partial charge in [-0.05, 0) is 74.4 Å². The number of ether oxygens (including phenoxy) is 1. The molecule has 4 rings (SSSR count). The molecule has 182 valence electrons. The van der Waals surface area contributed by atoms with E-state index < -0.39 is 5.41 Å². The normalized spacial score (nSPS) is 13.5. The fourth-order valence-corrected chi connectivity index (χ4v) is 4.10. The Balaban J connectivity index is 1.67. The Morgan fingerprint density at radius 1 is 1.03 bits per heavy atom. The van der Waals surface area contributed by atoms with Crippen LogP contribution in [0, 0.1) is 25.1 Å². The number of halogens is 1. The van der Waals surface area contributed by atoms with Crippen LogP contribution in [0.2, 0.25) is 0 Å². The van der Waals surface area contributed by atoms with Crippen LogP contribution in [0.5, 0.6) is 5.75 Å². The van der Waals surface area contributed by atoms with Gasteiger partial charge in [0.2, 0.25) is 5.91 Å². The molecule has 1 amide bonds. The molecule has 0 saturated heterocycles. The van der Waals surface area contributed by atoms with Crippen molar-refractivity contribution >= 4 is 16.8 Å². The van der Waals surface area contributed by atoms with Crippen LogP contribution >= 0.6 is 0 Å². The van der Waals surface area contributed by atoms with Crippen molar-refractivity contribution in [1.82, 2.24) is 15.1 Å². The van der Waals surface area contributed by atoms with E-state index in [0.717, 1.165) is 27.7 Å². The van der Waals surface area contributed by atoms with Gasteiger partial charge in [-0.2, -0.15) is 5.10 Å². The summed E-state index contributed by atoms with van der Waals surface area (Å²) in [5.74, 6) is 0.364. The average molecular weight is 474 g/mol. The first kappa shape index (κ1) is 24.5. The highest BCUT2D eigenvalue weighted by atomic mass is 19.1. The van der Waals surface area contributed by atoms with Gasteiger partial charge in [0.15, 0.2) is 0 Å². The number of amides is 1. The van der Waals surface area contributed by atoms with Crippen molar-refractivity contribution in [3.8, 4) is 11.4 Å². The summed E-state index contributed by atoms with van der Waals surface area (Å²) >= 11 is 0. The molecule has 35 heavy (non-hydrogen) atoms. The van der Waals surface area contributed by atoms with Gasteiger partial charge in [0.25, 0.3) is 0 Å². The standard InChI is InChI=1S/C29H32FN3O2/c1-18-7-13-25(19(2)15-18)27(20(3)32-28(34)29(4,5)6)35-24-12-14-26-21(16-24)17-31-33(26)23-10-8-22(30)9-11-23/h7-17,20,27H,1-6H3,(H,32,34)/t20-,27-/m0/s1. The van der Waals surface area contributed by atoms with E-state index in [2.05, 4.69) is 42.5 Å². The first-order chi connectivity index (χ1) is 16.5. The van der Waals surface area contributed by atoms with E-state index in [1.54, 1.807) is 23.0 Å². The van der Waals surface area contributed by atoms with Crippen molar-refractivity contribution in [1.29, 1.82) is 0 Å². The van der Waals surface area contributed by atoms with Gasteiger partial charge in [0, 0.05) is 10.8 Å². The summed E-state index contributed by atoms with van der Waals surface area (Å²) in [5, 5.41) is 8.52. The second kappa shape index (κ2) is 9.53. The molecule has 3 aromatic carbocycles. The average Bonchev–Trinajstić information content (AvgIpc) is 3.21. The largest absolute Gasteiger partial charge is 0.484 e. The number of aryl methyl sites for hydroxylation is 2. The highest BCUT2D eigenvalue weighted by Gasteiger charge is 2.29. The highest BCUT2D eigenvalue weighted by molar-refractivity contribution is 5.82. The number of carbonyl (C=O) groups is 1. The zero-order valence-corrected chi connectivity index (χ0v) is 21.1. The van der Waals surface area contributed by atoms with Crippen LogP contribution in [0.25, 0.3) is 16.6 Å². The number of rotatable bonds is 6. The Hall–Kier alpha value is -3.67. The van der Waals surface area contributed by atoms with Gasteiger partial charge >= 0.3 is 0 Å². The Bertz CT molecular complexity index is 1350. The maximum Gasteiger partial charge on any atom is 0.225 e. The van der Waals surface area contributed by atoms with Gasteiger partial charge in [-0.1, -0.05) is 44.5 Å². The monoisotopic (exact) mass is 473 g/mol. The minimum absolute atomic E-state index is 0.0283. The van der Waals surface area contributed by atoms with Crippen LogP contribution in [-0.2, 0) is 4.79 Å². The smallest absolute Gasteiger partial charge is 0.225 e. The van der Waals surface area contributed by atoms with Gasteiger partial charge in [-0.15, -0.1) is 0 Å². The van der Waals surface area contributed by atoms with Crippen molar-refractivity contribution in [2.45, 2.75) is 53.7 Å². The number of hydrogen-bond acceptors (Lipinski definition) is 3. The molecule has 0 fully saturated rings. The van der Waals surface area contributed by atoms with Crippen LogP contribution in [0.15, 0.2) is 66.9 Å². The van der Waals surface area contributed by atoms with Gasteiger partial charge in [-0.3, -0.25) is 4.79 Å². The number of benzene rings is 3. The van der Waals surface area contributed by atoms with Crippen molar-refractivity contribution < 1.29 is 13.9 Å². The van der Waals surface area contributed by atoms with E-state index in [0.29, 0.717) is 5.75 Å². The molecular weight excluding hydrogens is 441 g/mol. The molecule has 0 aliphatic heterocycles. The van der Waals surface area contributed by atoms with Gasteiger partial charge in [-0.25, -0.2) is 9.07 Å². The molecule has 0 saturated carbocycles. The lowest BCUT2D eigenvalue weighted by Gasteiger charge is -2.30. The summed E-state index contributed by atoms with van der Waals surface area (Å²) in [7, 11) is 0. The molecule has 1 aromatic heterocycles. The topological polar surface area (TPSA) is 56.1 Å². The minimum Gasteiger partial charge on any atom is -0.484 e. The highest BCUT2D eigenvalue weighted by Crippen LogP contribution is 2.31. The predicted octanol–water partition coefficient (Wildman–Crippen LogP) is 6.45. The van der Waals surface area contributed by atoms with Crippen LogP contribution in [-0.4, -0.2) is 21.7 Å². The number of nitrogens with one attached hydrogen (secondary N) is 1. The summed E-state index contributed by atoms with van der Waals surface area (Å²) in [4.78, 5) is 12.7. The Morgan fingerprint density at radius 3 is 2.40 bits per heavy atom. The van der Waals surface area contributed by atoms with E-state index in [9.17, 15) is 9.18 Å². The fraction of sp³-hybridized carbons (Fsp3) is 0.310. The van der Waals surface area contributed by atoms with E-state index in [1.807, 2.05) is 45.9 Å². The molecule has 4 aromatic rings.